The maximum atomic E-state index is 12.9. The molecule has 1 atom stereocenters. The summed E-state index contributed by atoms with van der Waals surface area (Å²) in [6.07, 6.45) is 89.4. The van der Waals surface area contributed by atoms with Gasteiger partial charge in [0.2, 0.25) is 0 Å². The van der Waals surface area contributed by atoms with E-state index in [1.54, 1.807) is 0 Å². The molecule has 0 spiro atoms. The largest absolute Gasteiger partial charge is 0.462 e. The van der Waals surface area contributed by atoms with Crippen LogP contribution < -0.4 is 0 Å². The molecule has 0 rings (SSSR count). The summed E-state index contributed by atoms with van der Waals surface area (Å²) in [5.74, 6) is -0.875. The number of rotatable bonds is 64. The van der Waals surface area contributed by atoms with Crippen LogP contribution in [0.4, 0.5) is 0 Å². The second kappa shape index (κ2) is 68.3. The molecule has 0 bridgehead atoms. The smallest absolute Gasteiger partial charge is 0.306 e. The summed E-state index contributed by atoms with van der Waals surface area (Å²) in [5.41, 5.74) is 0. The quantitative estimate of drug-likeness (QED) is 0.0261. The summed E-state index contributed by atoms with van der Waals surface area (Å²) in [5, 5.41) is 0. The fourth-order valence-corrected chi connectivity index (χ4v) is 10.1. The van der Waals surface area contributed by atoms with E-state index in [0.717, 1.165) is 89.9 Å². The van der Waals surface area contributed by atoms with Gasteiger partial charge >= 0.3 is 17.9 Å². The number of allylic oxidation sites excluding steroid dienone is 12. The number of unbranched alkanes of at least 4 members (excludes halogenated alkanes) is 41. The van der Waals surface area contributed by atoms with Gasteiger partial charge in [0.1, 0.15) is 13.2 Å². The van der Waals surface area contributed by atoms with Gasteiger partial charge in [-0.1, -0.05) is 306 Å². The second-order valence-electron chi connectivity index (χ2n) is 23.4. The van der Waals surface area contributed by atoms with Crippen LogP contribution in [0.2, 0.25) is 0 Å². The Labute approximate surface area is 497 Å². The molecular weight excluding hydrogens is 985 g/mol. The Hall–Kier alpha value is -3.15. The van der Waals surface area contributed by atoms with E-state index in [1.807, 2.05) is 0 Å². The van der Waals surface area contributed by atoms with Crippen LogP contribution in [0.15, 0.2) is 72.9 Å². The summed E-state index contributed by atoms with van der Waals surface area (Å²) in [6.45, 7) is 6.57. The summed E-state index contributed by atoms with van der Waals surface area (Å²) >= 11 is 0. The molecule has 0 aliphatic carbocycles. The van der Waals surface area contributed by atoms with Crippen molar-refractivity contribution in [2.45, 2.75) is 367 Å². The number of hydrogen-bond acceptors (Lipinski definition) is 6. The third kappa shape index (κ3) is 65.7. The van der Waals surface area contributed by atoms with Gasteiger partial charge in [0.15, 0.2) is 6.10 Å². The van der Waals surface area contributed by atoms with Crippen LogP contribution in [0.3, 0.4) is 0 Å². The monoisotopic (exact) mass is 1120 g/mol. The summed E-state index contributed by atoms with van der Waals surface area (Å²) in [4.78, 5) is 38.3. The highest BCUT2D eigenvalue weighted by Crippen LogP contribution is 2.17. The molecule has 0 aliphatic heterocycles. The SMILES string of the molecule is CCC/C=C\CCCCCCCC(=O)OCC(COC(=O)CCCCCCCCCCCCCCCCCCCC/C=C\C/C=C\C/C=C\CCCCCCC)OC(=O)CCCCCCCCCCC/C=C\C/C=C\CCCCC. The van der Waals surface area contributed by atoms with E-state index in [4.69, 9.17) is 14.2 Å². The van der Waals surface area contributed by atoms with E-state index >= 15 is 0 Å². The maximum Gasteiger partial charge on any atom is 0.306 e. The van der Waals surface area contributed by atoms with Crippen molar-refractivity contribution in [2.75, 3.05) is 13.2 Å². The molecule has 0 amide bonds. The van der Waals surface area contributed by atoms with Crippen molar-refractivity contribution < 1.29 is 28.6 Å². The second-order valence-corrected chi connectivity index (χ2v) is 23.4. The van der Waals surface area contributed by atoms with Crippen molar-refractivity contribution in [3.05, 3.63) is 72.9 Å². The van der Waals surface area contributed by atoms with Crippen molar-refractivity contribution in [3.63, 3.8) is 0 Å². The van der Waals surface area contributed by atoms with Crippen molar-refractivity contribution in [2.24, 2.45) is 0 Å². The highest BCUT2D eigenvalue weighted by molar-refractivity contribution is 5.71. The van der Waals surface area contributed by atoms with Crippen molar-refractivity contribution >= 4 is 17.9 Å². The molecule has 0 saturated heterocycles. The van der Waals surface area contributed by atoms with E-state index < -0.39 is 6.10 Å². The molecule has 80 heavy (non-hydrogen) atoms. The zero-order valence-electron chi connectivity index (χ0n) is 53.3. The van der Waals surface area contributed by atoms with Crippen molar-refractivity contribution in [1.82, 2.24) is 0 Å². The van der Waals surface area contributed by atoms with Gasteiger partial charge in [-0.2, -0.15) is 0 Å². The highest BCUT2D eigenvalue weighted by Gasteiger charge is 2.19. The minimum absolute atomic E-state index is 0.0765. The van der Waals surface area contributed by atoms with Crippen LogP contribution in [0.25, 0.3) is 0 Å². The molecule has 0 aromatic carbocycles. The molecule has 0 heterocycles. The first-order valence-corrected chi connectivity index (χ1v) is 34.9. The zero-order chi connectivity index (χ0) is 57.8. The van der Waals surface area contributed by atoms with Gasteiger partial charge in [0, 0.05) is 19.3 Å². The first kappa shape index (κ1) is 76.9. The van der Waals surface area contributed by atoms with Gasteiger partial charge in [-0.05, 0) is 109 Å². The summed E-state index contributed by atoms with van der Waals surface area (Å²) in [7, 11) is 0. The Kier molecular flexibility index (Phi) is 65.7. The average Bonchev–Trinajstić information content (AvgIpc) is 3.46. The van der Waals surface area contributed by atoms with Gasteiger partial charge in [0.05, 0.1) is 0 Å². The molecular formula is C74H132O6. The van der Waals surface area contributed by atoms with Gasteiger partial charge in [-0.25, -0.2) is 0 Å². The third-order valence-electron chi connectivity index (χ3n) is 15.4. The topological polar surface area (TPSA) is 78.9 Å². The van der Waals surface area contributed by atoms with Crippen molar-refractivity contribution in [3.8, 4) is 0 Å². The Morgan fingerprint density at radius 2 is 0.475 bits per heavy atom. The van der Waals surface area contributed by atoms with Crippen LogP contribution in [-0.4, -0.2) is 37.2 Å². The van der Waals surface area contributed by atoms with E-state index in [9.17, 15) is 14.4 Å². The fraction of sp³-hybridized carbons (Fsp3) is 0.797. The van der Waals surface area contributed by atoms with Crippen LogP contribution >= 0.6 is 0 Å². The van der Waals surface area contributed by atoms with E-state index in [2.05, 4.69) is 93.7 Å². The molecule has 6 nitrogen and oxygen atoms in total. The van der Waals surface area contributed by atoms with Gasteiger partial charge in [-0.15, -0.1) is 0 Å². The Morgan fingerprint density at radius 3 is 0.787 bits per heavy atom. The van der Waals surface area contributed by atoms with Gasteiger partial charge in [0.25, 0.3) is 0 Å². The van der Waals surface area contributed by atoms with Crippen molar-refractivity contribution in [1.29, 1.82) is 0 Å². The Morgan fingerprint density at radius 1 is 0.250 bits per heavy atom. The normalized spacial score (nSPS) is 12.5. The minimum atomic E-state index is -0.780. The average molecular weight is 1120 g/mol. The Balaban J connectivity index is 4.10. The first-order valence-electron chi connectivity index (χ1n) is 34.9. The Bertz CT molecular complexity index is 1470. The molecule has 0 N–H and O–H groups in total. The van der Waals surface area contributed by atoms with Crippen LogP contribution in [-0.2, 0) is 28.6 Å². The molecule has 1 unspecified atom stereocenters. The summed E-state index contributed by atoms with van der Waals surface area (Å²) in [6, 6.07) is 0. The molecule has 0 saturated carbocycles. The van der Waals surface area contributed by atoms with Crippen LogP contribution in [0.1, 0.15) is 361 Å². The van der Waals surface area contributed by atoms with Gasteiger partial charge < -0.3 is 14.2 Å². The first-order chi connectivity index (χ1) is 39.5. The predicted molar refractivity (Wildman–Crippen MR) is 348 cm³/mol. The number of hydrogen-bond donors (Lipinski definition) is 0. The highest BCUT2D eigenvalue weighted by atomic mass is 16.6. The molecule has 464 valence electrons. The fourth-order valence-electron chi connectivity index (χ4n) is 10.1. The number of carbonyl (C=O) groups is 3. The van der Waals surface area contributed by atoms with E-state index in [-0.39, 0.29) is 31.1 Å². The number of esters is 3. The lowest BCUT2D eigenvalue weighted by Gasteiger charge is -2.18. The summed E-state index contributed by atoms with van der Waals surface area (Å²) < 4.78 is 16.9. The zero-order valence-corrected chi connectivity index (χ0v) is 53.3. The lowest BCUT2D eigenvalue weighted by molar-refractivity contribution is -0.167. The molecule has 0 aromatic heterocycles. The number of carbonyl (C=O) groups excluding carboxylic acids is 3. The lowest BCUT2D eigenvalue weighted by Crippen LogP contribution is -2.30. The maximum absolute atomic E-state index is 12.9. The molecule has 0 aromatic rings. The molecule has 6 heteroatoms. The molecule has 0 aliphatic rings. The number of ether oxygens (including phenoxy) is 3. The third-order valence-corrected chi connectivity index (χ3v) is 15.4. The lowest BCUT2D eigenvalue weighted by atomic mass is 10.0. The van der Waals surface area contributed by atoms with Crippen LogP contribution in [0.5, 0.6) is 0 Å². The van der Waals surface area contributed by atoms with Gasteiger partial charge in [-0.3, -0.25) is 14.4 Å². The molecule has 0 radical (unpaired) electrons. The molecule has 0 fully saturated rings. The minimum Gasteiger partial charge on any atom is -0.462 e. The standard InChI is InChI=1S/C74H132O6/c1-4-7-10-13-16-19-22-24-26-28-30-31-32-33-34-35-36-37-38-39-40-41-42-43-45-46-48-50-52-55-58-61-64-67-73(76)79-70-71(69-78-72(75)66-63-60-57-54-21-18-15-12-9-6-3)80-74(77)68-65-62-59-56-53-51-49-47-44-29-27-25-23-20-17-14-11-8-5-2/h12,15,17,20,22,24-25,27-28,30,32-33,71H,4-11,13-14,16,18-19,21,23,26,29,31,34-70H2,1-3H3/b15-12-,20-17-,24-22-,27-25-,30-28-,33-32-. The van der Waals surface area contributed by atoms with E-state index in [0.29, 0.717) is 19.3 Å². The predicted octanol–water partition coefficient (Wildman–Crippen LogP) is 24.1. The van der Waals surface area contributed by atoms with E-state index in [1.165, 1.54) is 231 Å². The van der Waals surface area contributed by atoms with Crippen LogP contribution in [0, 0.1) is 0 Å².